The summed E-state index contributed by atoms with van der Waals surface area (Å²) in [6.07, 6.45) is 2.05. The second-order valence-electron chi connectivity index (χ2n) is 3.35. The van der Waals surface area contributed by atoms with E-state index >= 15 is 0 Å². The number of amides is 2. The summed E-state index contributed by atoms with van der Waals surface area (Å²) in [6.45, 7) is 3.49. The van der Waals surface area contributed by atoms with Gasteiger partial charge in [-0.1, -0.05) is 6.92 Å². The Kier molecular flexibility index (Phi) is 3.89. The monoisotopic (exact) mass is 184 g/mol. The highest BCUT2D eigenvalue weighted by Crippen LogP contribution is 2.06. The minimum atomic E-state index is -0.153. The Morgan fingerprint density at radius 3 is 2.85 bits per heavy atom. The Bertz CT molecular complexity index is 198. The van der Waals surface area contributed by atoms with Gasteiger partial charge in [0.05, 0.1) is 5.92 Å². The quantitative estimate of drug-likeness (QED) is 0.651. The summed E-state index contributed by atoms with van der Waals surface area (Å²) < 4.78 is 0. The molecule has 0 saturated carbocycles. The highest BCUT2D eigenvalue weighted by molar-refractivity contribution is 5.96. The molecule has 1 saturated heterocycles. The highest BCUT2D eigenvalue weighted by Gasteiger charge is 2.23. The predicted molar refractivity (Wildman–Crippen MR) is 49.0 cm³/mol. The maximum absolute atomic E-state index is 11.4. The standard InChI is InChI=1S/C9H16N2O2/c1-2-3-8(12)11-9(13)7-4-5-10-6-7/h7,10H,2-6H2,1H3,(H,11,12,13). The van der Waals surface area contributed by atoms with E-state index in [1.54, 1.807) is 0 Å². The molecule has 1 unspecified atom stereocenters. The van der Waals surface area contributed by atoms with Crippen LogP contribution in [0, 0.1) is 5.92 Å². The lowest BCUT2D eigenvalue weighted by Gasteiger charge is -2.07. The Morgan fingerprint density at radius 2 is 2.31 bits per heavy atom. The van der Waals surface area contributed by atoms with E-state index in [1.807, 2.05) is 6.92 Å². The Hall–Kier alpha value is -0.900. The molecule has 0 aromatic rings. The van der Waals surface area contributed by atoms with Gasteiger partial charge in [0, 0.05) is 13.0 Å². The van der Waals surface area contributed by atoms with Crippen molar-refractivity contribution in [1.82, 2.24) is 10.6 Å². The van der Waals surface area contributed by atoms with E-state index in [2.05, 4.69) is 10.6 Å². The number of carbonyl (C=O) groups excluding carboxylic acids is 2. The number of hydrogen-bond donors (Lipinski definition) is 2. The van der Waals surface area contributed by atoms with Crippen molar-refractivity contribution in [1.29, 1.82) is 0 Å². The fourth-order valence-corrected chi connectivity index (χ4v) is 1.41. The molecule has 0 aliphatic carbocycles. The predicted octanol–water partition coefficient (Wildman–Crippen LogP) is 0.0388. The van der Waals surface area contributed by atoms with Gasteiger partial charge in [-0.05, 0) is 19.4 Å². The smallest absolute Gasteiger partial charge is 0.230 e. The molecule has 2 amide bonds. The molecule has 0 spiro atoms. The van der Waals surface area contributed by atoms with Crippen molar-refractivity contribution < 1.29 is 9.59 Å². The van der Waals surface area contributed by atoms with Crippen LogP contribution in [-0.4, -0.2) is 24.9 Å². The summed E-state index contributed by atoms with van der Waals surface area (Å²) in [5.41, 5.74) is 0. The lowest BCUT2D eigenvalue weighted by atomic mass is 10.1. The van der Waals surface area contributed by atoms with Crippen molar-refractivity contribution in [3.8, 4) is 0 Å². The molecule has 1 heterocycles. The van der Waals surface area contributed by atoms with Gasteiger partial charge in [0.15, 0.2) is 0 Å². The lowest BCUT2D eigenvalue weighted by Crippen LogP contribution is -2.36. The number of rotatable bonds is 3. The van der Waals surface area contributed by atoms with Crippen molar-refractivity contribution >= 4 is 11.8 Å². The second-order valence-corrected chi connectivity index (χ2v) is 3.35. The van der Waals surface area contributed by atoms with Gasteiger partial charge in [0.1, 0.15) is 0 Å². The molecule has 2 N–H and O–H groups in total. The first kappa shape index (κ1) is 10.2. The average molecular weight is 184 g/mol. The molecule has 74 valence electrons. The molecule has 4 heteroatoms. The molecule has 1 rings (SSSR count). The molecule has 1 aliphatic heterocycles. The van der Waals surface area contributed by atoms with Gasteiger partial charge < -0.3 is 5.32 Å². The highest BCUT2D eigenvalue weighted by atomic mass is 16.2. The first-order chi connectivity index (χ1) is 6.24. The van der Waals surface area contributed by atoms with Crippen LogP contribution < -0.4 is 10.6 Å². The number of hydrogen-bond acceptors (Lipinski definition) is 3. The topological polar surface area (TPSA) is 58.2 Å². The zero-order chi connectivity index (χ0) is 9.68. The van der Waals surface area contributed by atoms with E-state index in [9.17, 15) is 9.59 Å². The molecule has 1 fully saturated rings. The molecule has 0 bridgehead atoms. The van der Waals surface area contributed by atoms with Crippen LogP contribution in [0.3, 0.4) is 0 Å². The van der Waals surface area contributed by atoms with Crippen molar-refractivity contribution in [3.05, 3.63) is 0 Å². The van der Waals surface area contributed by atoms with Gasteiger partial charge in [-0.2, -0.15) is 0 Å². The van der Waals surface area contributed by atoms with Gasteiger partial charge >= 0.3 is 0 Å². The van der Waals surface area contributed by atoms with E-state index in [0.717, 1.165) is 19.4 Å². The third-order valence-corrected chi connectivity index (χ3v) is 2.17. The molecular formula is C9H16N2O2. The fraction of sp³-hybridized carbons (Fsp3) is 0.778. The third kappa shape index (κ3) is 3.14. The Balaban J connectivity index is 2.27. The van der Waals surface area contributed by atoms with Crippen LogP contribution in [0.1, 0.15) is 26.2 Å². The van der Waals surface area contributed by atoms with E-state index in [0.29, 0.717) is 13.0 Å². The molecule has 0 aromatic heterocycles. The Morgan fingerprint density at radius 1 is 1.54 bits per heavy atom. The first-order valence-electron chi connectivity index (χ1n) is 4.78. The van der Waals surface area contributed by atoms with Crippen molar-refractivity contribution in [2.45, 2.75) is 26.2 Å². The molecule has 0 radical (unpaired) electrons. The minimum Gasteiger partial charge on any atom is -0.316 e. The van der Waals surface area contributed by atoms with Crippen molar-refractivity contribution in [2.24, 2.45) is 5.92 Å². The number of imide groups is 1. The van der Waals surface area contributed by atoms with Gasteiger partial charge in [0.2, 0.25) is 11.8 Å². The molecule has 1 atom stereocenters. The summed E-state index contributed by atoms with van der Waals surface area (Å²) >= 11 is 0. The van der Waals surface area contributed by atoms with Crippen LogP contribution in [0.4, 0.5) is 0 Å². The lowest BCUT2D eigenvalue weighted by molar-refractivity contribution is -0.132. The first-order valence-corrected chi connectivity index (χ1v) is 4.78. The van der Waals surface area contributed by atoms with Crippen molar-refractivity contribution in [2.75, 3.05) is 13.1 Å². The zero-order valence-electron chi connectivity index (χ0n) is 7.93. The summed E-state index contributed by atoms with van der Waals surface area (Å²) in [5, 5.41) is 5.49. The van der Waals surface area contributed by atoms with Crippen LogP contribution in [-0.2, 0) is 9.59 Å². The third-order valence-electron chi connectivity index (χ3n) is 2.17. The zero-order valence-corrected chi connectivity index (χ0v) is 7.93. The summed E-state index contributed by atoms with van der Waals surface area (Å²) in [4.78, 5) is 22.4. The van der Waals surface area contributed by atoms with Crippen LogP contribution in [0.15, 0.2) is 0 Å². The molecule has 4 nitrogen and oxygen atoms in total. The maximum Gasteiger partial charge on any atom is 0.230 e. The molecule has 1 aliphatic rings. The molecular weight excluding hydrogens is 168 g/mol. The van der Waals surface area contributed by atoms with Crippen LogP contribution >= 0.6 is 0 Å². The molecule has 0 aromatic carbocycles. The number of carbonyl (C=O) groups is 2. The second kappa shape index (κ2) is 4.97. The van der Waals surface area contributed by atoms with Crippen LogP contribution in [0.5, 0.6) is 0 Å². The van der Waals surface area contributed by atoms with Gasteiger partial charge in [0.25, 0.3) is 0 Å². The van der Waals surface area contributed by atoms with Crippen LogP contribution in [0.25, 0.3) is 0 Å². The van der Waals surface area contributed by atoms with Gasteiger partial charge in [-0.3, -0.25) is 14.9 Å². The van der Waals surface area contributed by atoms with E-state index in [1.165, 1.54) is 0 Å². The van der Waals surface area contributed by atoms with Crippen LogP contribution in [0.2, 0.25) is 0 Å². The SMILES string of the molecule is CCCC(=O)NC(=O)C1CCNC1. The van der Waals surface area contributed by atoms with Gasteiger partial charge in [-0.25, -0.2) is 0 Å². The Labute approximate surface area is 78.1 Å². The van der Waals surface area contributed by atoms with E-state index in [4.69, 9.17) is 0 Å². The number of nitrogens with one attached hydrogen (secondary N) is 2. The van der Waals surface area contributed by atoms with E-state index in [-0.39, 0.29) is 17.7 Å². The largest absolute Gasteiger partial charge is 0.316 e. The van der Waals surface area contributed by atoms with Gasteiger partial charge in [-0.15, -0.1) is 0 Å². The minimum absolute atomic E-state index is 0.0131. The molecule has 13 heavy (non-hydrogen) atoms. The van der Waals surface area contributed by atoms with Crippen molar-refractivity contribution in [3.63, 3.8) is 0 Å². The van der Waals surface area contributed by atoms with E-state index < -0.39 is 0 Å². The normalized spacial score (nSPS) is 21.5. The summed E-state index contributed by atoms with van der Waals surface area (Å²) in [7, 11) is 0. The fourth-order valence-electron chi connectivity index (χ4n) is 1.41. The summed E-state index contributed by atoms with van der Waals surface area (Å²) in [6, 6.07) is 0. The maximum atomic E-state index is 11.4. The summed E-state index contributed by atoms with van der Waals surface area (Å²) in [5.74, 6) is -0.288. The average Bonchev–Trinajstić information content (AvgIpc) is 2.55.